The van der Waals surface area contributed by atoms with Gasteiger partial charge in [-0.25, -0.2) is 9.97 Å². The van der Waals surface area contributed by atoms with E-state index in [1.54, 1.807) is 0 Å². The van der Waals surface area contributed by atoms with Crippen molar-refractivity contribution in [1.82, 2.24) is 18.9 Å². The minimum atomic E-state index is 0.563. The number of hydrogen-bond acceptors (Lipinski definition) is 3. The first-order valence-corrected chi connectivity index (χ1v) is 6.98. The van der Waals surface area contributed by atoms with Gasteiger partial charge in [-0.3, -0.25) is 4.40 Å². The zero-order valence-electron chi connectivity index (χ0n) is 10.1. The fraction of sp³-hybridized carbons (Fsp3) is 0.231. The Kier molecular flexibility index (Phi) is 2.23. The fourth-order valence-corrected chi connectivity index (χ4v) is 2.69. The summed E-state index contributed by atoms with van der Waals surface area (Å²) in [6, 6.07) is 4.47. The van der Waals surface area contributed by atoms with E-state index in [4.69, 9.17) is 5.73 Å². The molecule has 4 rings (SSSR count). The molecule has 96 valence electrons. The number of halogens is 1. The van der Waals surface area contributed by atoms with E-state index in [9.17, 15) is 0 Å². The third kappa shape index (κ3) is 1.67. The molecule has 1 aliphatic rings. The van der Waals surface area contributed by atoms with Gasteiger partial charge < -0.3 is 10.3 Å². The van der Waals surface area contributed by atoms with E-state index in [0.717, 1.165) is 21.5 Å². The van der Waals surface area contributed by atoms with Crippen molar-refractivity contribution in [2.24, 2.45) is 0 Å². The SMILES string of the molecule is Nc1c(-c2cncn2C2CC2)nc2ccc(Br)cn12. The molecule has 0 bridgehead atoms. The van der Waals surface area contributed by atoms with Crippen LogP contribution < -0.4 is 5.73 Å². The smallest absolute Gasteiger partial charge is 0.139 e. The molecule has 1 saturated carbocycles. The molecule has 19 heavy (non-hydrogen) atoms. The van der Waals surface area contributed by atoms with Gasteiger partial charge in [0.25, 0.3) is 0 Å². The third-order valence-electron chi connectivity index (χ3n) is 3.47. The van der Waals surface area contributed by atoms with Gasteiger partial charge in [-0.2, -0.15) is 0 Å². The number of nitrogens with zero attached hydrogens (tertiary/aromatic N) is 4. The average Bonchev–Trinajstić information content (AvgIpc) is 3.05. The van der Waals surface area contributed by atoms with Crippen molar-refractivity contribution >= 4 is 27.4 Å². The minimum Gasteiger partial charge on any atom is -0.383 e. The molecule has 2 N–H and O–H groups in total. The van der Waals surface area contributed by atoms with Gasteiger partial charge >= 0.3 is 0 Å². The first-order valence-electron chi connectivity index (χ1n) is 6.19. The minimum absolute atomic E-state index is 0.563. The molecule has 5 nitrogen and oxygen atoms in total. The predicted octanol–water partition coefficient (Wildman–Crippen LogP) is 2.88. The van der Waals surface area contributed by atoms with E-state index in [2.05, 4.69) is 30.5 Å². The summed E-state index contributed by atoms with van der Waals surface area (Å²) in [7, 11) is 0. The highest BCUT2D eigenvalue weighted by atomic mass is 79.9. The monoisotopic (exact) mass is 317 g/mol. The Morgan fingerprint density at radius 1 is 1.32 bits per heavy atom. The molecule has 0 atom stereocenters. The molecule has 0 aromatic carbocycles. The third-order valence-corrected chi connectivity index (χ3v) is 3.94. The summed E-state index contributed by atoms with van der Waals surface area (Å²) >= 11 is 3.45. The van der Waals surface area contributed by atoms with Crippen molar-refractivity contribution in [2.75, 3.05) is 5.73 Å². The molecule has 1 fully saturated rings. The summed E-state index contributed by atoms with van der Waals surface area (Å²) < 4.78 is 5.04. The molecular weight excluding hydrogens is 306 g/mol. The maximum Gasteiger partial charge on any atom is 0.139 e. The lowest BCUT2D eigenvalue weighted by atomic mass is 10.3. The van der Waals surface area contributed by atoms with Crippen LogP contribution in [-0.2, 0) is 0 Å². The Balaban J connectivity index is 1.95. The standard InChI is InChI=1S/C13H12BrN5/c14-8-1-4-11-17-12(13(15)18(11)6-8)10-5-16-7-19(10)9-2-3-9/h1,4-7,9H,2-3,15H2. The molecule has 0 unspecified atom stereocenters. The molecule has 3 aromatic heterocycles. The molecule has 0 aliphatic heterocycles. The topological polar surface area (TPSA) is 61.1 Å². The van der Waals surface area contributed by atoms with Gasteiger partial charge in [0.2, 0.25) is 0 Å². The van der Waals surface area contributed by atoms with Crippen LogP contribution in [0.15, 0.2) is 35.3 Å². The van der Waals surface area contributed by atoms with Crippen LogP contribution in [0, 0.1) is 0 Å². The lowest BCUT2D eigenvalue weighted by Crippen LogP contribution is -1.98. The largest absolute Gasteiger partial charge is 0.383 e. The summed E-state index contributed by atoms with van der Waals surface area (Å²) in [5, 5.41) is 0. The second-order valence-electron chi connectivity index (χ2n) is 4.84. The van der Waals surface area contributed by atoms with E-state index >= 15 is 0 Å². The Labute approximate surface area is 118 Å². The Bertz CT molecular complexity index is 769. The van der Waals surface area contributed by atoms with Gasteiger partial charge in [-0.1, -0.05) is 0 Å². The number of pyridine rings is 1. The summed E-state index contributed by atoms with van der Waals surface area (Å²) in [4.78, 5) is 8.86. The second kappa shape index (κ2) is 3.84. The summed E-state index contributed by atoms with van der Waals surface area (Å²) in [6.07, 6.45) is 8.06. The van der Waals surface area contributed by atoms with Crippen LogP contribution >= 0.6 is 15.9 Å². The van der Waals surface area contributed by atoms with E-state index < -0.39 is 0 Å². The Morgan fingerprint density at radius 3 is 2.95 bits per heavy atom. The number of nitrogens with two attached hydrogens (primary N) is 1. The van der Waals surface area contributed by atoms with E-state index in [0.29, 0.717) is 11.9 Å². The van der Waals surface area contributed by atoms with Crippen molar-refractivity contribution < 1.29 is 0 Å². The molecule has 6 heteroatoms. The summed E-state index contributed by atoms with van der Waals surface area (Å²) in [5.74, 6) is 0.652. The number of hydrogen-bond donors (Lipinski definition) is 1. The molecule has 1 aliphatic carbocycles. The van der Waals surface area contributed by atoms with Gasteiger partial charge in [0.1, 0.15) is 17.2 Å². The quantitative estimate of drug-likeness (QED) is 0.790. The van der Waals surface area contributed by atoms with Crippen molar-refractivity contribution in [1.29, 1.82) is 0 Å². The molecule has 0 saturated heterocycles. The van der Waals surface area contributed by atoms with E-state index in [-0.39, 0.29) is 0 Å². The van der Waals surface area contributed by atoms with E-state index in [1.165, 1.54) is 12.8 Å². The molecule has 3 heterocycles. The lowest BCUT2D eigenvalue weighted by molar-refractivity contribution is 0.746. The lowest BCUT2D eigenvalue weighted by Gasteiger charge is -2.04. The normalized spacial score (nSPS) is 15.2. The highest BCUT2D eigenvalue weighted by Crippen LogP contribution is 2.39. The number of fused-ring (bicyclic) bond motifs is 1. The Morgan fingerprint density at radius 2 is 2.16 bits per heavy atom. The molecule has 0 radical (unpaired) electrons. The van der Waals surface area contributed by atoms with Gasteiger partial charge in [0, 0.05) is 16.7 Å². The van der Waals surface area contributed by atoms with Crippen LogP contribution in [0.5, 0.6) is 0 Å². The zero-order chi connectivity index (χ0) is 13.0. The van der Waals surface area contributed by atoms with Gasteiger partial charge in [-0.15, -0.1) is 0 Å². The van der Waals surface area contributed by atoms with Gasteiger partial charge in [-0.05, 0) is 40.9 Å². The predicted molar refractivity (Wildman–Crippen MR) is 76.8 cm³/mol. The van der Waals surface area contributed by atoms with Crippen LogP contribution in [-0.4, -0.2) is 18.9 Å². The first-order chi connectivity index (χ1) is 9.24. The highest BCUT2D eigenvalue weighted by Gasteiger charge is 2.27. The van der Waals surface area contributed by atoms with E-state index in [1.807, 2.05) is 35.3 Å². The van der Waals surface area contributed by atoms with Crippen LogP contribution in [0.3, 0.4) is 0 Å². The number of nitrogen functional groups attached to an aromatic ring is 1. The van der Waals surface area contributed by atoms with Gasteiger partial charge in [0.15, 0.2) is 0 Å². The van der Waals surface area contributed by atoms with Crippen LogP contribution in [0.25, 0.3) is 17.0 Å². The van der Waals surface area contributed by atoms with Crippen molar-refractivity contribution in [3.63, 3.8) is 0 Å². The molecule has 0 amide bonds. The number of aromatic nitrogens is 4. The molecular formula is C13H12BrN5. The zero-order valence-corrected chi connectivity index (χ0v) is 11.7. The number of rotatable bonds is 2. The molecule has 0 spiro atoms. The summed E-state index contributed by atoms with van der Waals surface area (Å²) in [6.45, 7) is 0. The number of imidazole rings is 2. The highest BCUT2D eigenvalue weighted by molar-refractivity contribution is 9.10. The Hall–Kier alpha value is -1.82. The maximum atomic E-state index is 6.23. The summed E-state index contributed by atoms with van der Waals surface area (Å²) in [5.41, 5.74) is 8.88. The van der Waals surface area contributed by atoms with Crippen molar-refractivity contribution in [3.8, 4) is 11.4 Å². The van der Waals surface area contributed by atoms with Crippen molar-refractivity contribution in [2.45, 2.75) is 18.9 Å². The van der Waals surface area contributed by atoms with Crippen molar-refractivity contribution in [3.05, 3.63) is 35.3 Å². The second-order valence-corrected chi connectivity index (χ2v) is 5.75. The van der Waals surface area contributed by atoms with Crippen LogP contribution in [0.2, 0.25) is 0 Å². The van der Waals surface area contributed by atoms with Crippen LogP contribution in [0.4, 0.5) is 5.82 Å². The van der Waals surface area contributed by atoms with Gasteiger partial charge in [0.05, 0.1) is 18.2 Å². The first kappa shape index (κ1) is 11.0. The maximum absolute atomic E-state index is 6.23. The average molecular weight is 318 g/mol. The fourth-order valence-electron chi connectivity index (χ4n) is 2.36. The van der Waals surface area contributed by atoms with Crippen LogP contribution in [0.1, 0.15) is 18.9 Å². The number of anilines is 1. The molecule has 3 aromatic rings.